The summed E-state index contributed by atoms with van der Waals surface area (Å²) < 4.78 is 0. The van der Waals surface area contributed by atoms with Crippen LogP contribution in [-0.4, -0.2) is 40.6 Å². The van der Waals surface area contributed by atoms with Crippen LogP contribution in [0.1, 0.15) is 48.4 Å². The summed E-state index contributed by atoms with van der Waals surface area (Å²) in [6, 6.07) is 0. The number of aromatic nitrogens is 2. The summed E-state index contributed by atoms with van der Waals surface area (Å²) >= 11 is 0. The normalized spacial score (nSPS) is 14.3. The van der Waals surface area contributed by atoms with Crippen LogP contribution in [-0.2, 0) is 13.0 Å². The minimum Gasteiger partial charge on any atom is -0.337 e. The van der Waals surface area contributed by atoms with Crippen molar-refractivity contribution in [1.29, 1.82) is 0 Å². The summed E-state index contributed by atoms with van der Waals surface area (Å²) in [6.45, 7) is 7.51. The number of rotatable bonds is 5. The molecule has 0 bridgehead atoms. The van der Waals surface area contributed by atoms with E-state index in [0.717, 1.165) is 56.7 Å². The molecule has 0 radical (unpaired) electrons. The number of nitrogens with one attached hydrogen (secondary N) is 2. The topological polar surface area (TPSA) is 61.0 Å². The summed E-state index contributed by atoms with van der Waals surface area (Å²) in [5.41, 5.74) is 2.78. The number of H-pyrrole nitrogens is 1. The molecule has 100 valence electrons. The van der Waals surface area contributed by atoms with Gasteiger partial charge in [-0.3, -0.25) is 9.89 Å². The van der Waals surface area contributed by atoms with E-state index >= 15 is 0 Å². The lowest BCUT2D eigenvalue weighted by atomic mass is 10.1. The van der Waals surface area contributed by atoms with Gasteiger partial charge in [0, 0.05) is 43.9 Å². The predicted molar refractivity (Wildman–Crippen MR) is 70.5 cm³/mol. The lowest BCUT2D eigenvalue weighted by Gasteiger charge is -2.21. The number of carbonyl (C=O) groups is 1. The van der Waals surface area contributed by atoms with E-state index in [1.54, 1.807) is 0 Å². The molecule has 0 spiro atoms. The van der Waals surface area contributed by atoms with Crippen molar-refractivity contribution in [2.75, 3.05) is 19.6 Å². The third kappa shape index (κ3) is 2.56. The number of carbonyl (C=O) groups excluding carboxylic acids is 1. The Morgan fingerprint density at radius 1 is 1.33 bits per heavy atom. The summed E-state index contributed by atoms with van der Waals surface area (Å²) in [6.07, 6.45) is 2.89. The van der Waals surface area contributed by atoms with Crippen LogP contribution in [0.2, 0.25) is 0 Å². The van der Waals surface area contributed by atoms with E-state index in [2.05, 4.69) is 29.4 Å². The molecular formula is C13H22N4O. The van der Waals surface area contributed by atoms with Crippen LogP contribution in [0.5, 0.6) is 0 Å². The van der Waals surface area contributed by atoms with Crippen LogP contribution in [0.3, 0.4) is 0 Å². The van der Waals surface area contributed by atoms with Crippen molar-refractivity contribution in [2.24, 2.45) is 0 Å². The van der Waals surface area contributed by atoms with Gasteiger partial charge in [0.25, 0.3) is 5.91 Å². The van der Waals surface area contributed by atoms with Gasteiger partial charge in [-0.2, -0.15) is 5.10 Å². The first-order chi connectivity index (χ1) is 8.77. The van der Waals surface area contributed by atoms with Gasteiger partial charge in [-0.05, 0) is 12.8 Å². The van der Waals surface area contributed by atoms with E-state index in [1.807, 2.05) is 4.90 Å². The van der Waals surface area contributed by atoms with E-state index in [4.69, 9.17) is 0 Å². The average molecular weight is 250 g/mol. The molecule has 18 heavy (non-hydrogen) atoms. The molecule has 2 N–H and O–H groups in total. The summed E-state index contributed by atoms with van der Waals surface area (Å²) in [7, 11) is 0. The first-order valence-electron chi connectivity index (χ1n) is 6.84. The SMILES string of the molecule is CCCN(CCC)C(=O)c1n[nH]c2c1CNCC2. The number of amides is 1. The zero-order valence-electron chi connectivity index (χ0n) is 11.3. The number of nitrogens with zero attached hydrogens (tertiary/aromatic N) is 2. The van der Waals surface area contributed by atoms with Gasteiger partial charge in [0.05, 0.1) is 0 Å². The molecule has 0 fully saturated rings. The average Bonchev–Trinajstić information content (AvgIpc) is 2.81. The van der Waals surface area contributed by atoms with Crippen molar-refractivity contribution in [3.05, 3.63) is 17.0 Å². The van der Waals surface area contributed by atoms with Crippen molar-refractivity contribution >= 4 is 5.91 Å². The molecule has 5 nitrogen and oxygen atoms in total. The van der Waals surface area contributed by atoms with Gasteiger partial charge in [-0.1, -0.05) is 13.8 Å². The molecule has 1 aliphatic rings. The van der Waals surface area contributed by atoms with Crippen molar-refractivity contribution in [1.82, 2.24) is 20.4 Å². The molecular weight excluding hydrogens is 228 g/mol. The minimum absolute atomic E-state index is 0.0694. The van der Waals surface area contributed by atoms with Gasteiger partial charge in [0.15, 0.2) is 5.69 Å². The van der Waals surface area contributed by atoms with Gasteiger partial charge < -0.3 is 10.2 Å². The van der Waals surface area contributed by atoms with Gasteiger partial charge in [0.2, 0.25) is 0 Å². The highest BCUT2D eigenvalue weighted by Gasteiger charge is 2.24. The van der Waals surface area contributed by atoms with E-state index in [-0.39, 0.29) is 5.91 Å². The van der Waals surface area contributed by atoms with Crippen LogP contribution in [0.4, 0.5) is 0 Å². The van der Waals surface area contributed by atoms with Crippen molar-refractivity contribution in [2.45, 2.75) is 39.7 Å². The van der Waals surface area contributed by atoms with Crippen molar-refractivity contribution in [3.63, 3.8) is 0 Å². The van der Waals surface area contributed by atoms with Crippen LogP contribution in [0.15, 0.2) is 0 Å². The second kappa shape index (κ2) is 6.00. The molecule has 5 heteroatoms. The lowest BCUT2D eigenvalue weighted by Crippen LogP contribution is -2.34. The first-order valence-corrected chi connectivity index (χ1v) is 6.84. The van der Waals surface area contributed by atoms with Crippen LogP contribution in [0.25, 0.3) is 0 Å². The van der Waals surface area contributed by atoms with Crippen molar-refractivity contribution < 1.29 is 4.79 Å². The van der Waals surface area contributed by atoms with E-state index < -0.39 is 0 Å². The largest absolute Gasteiger partial charge is 0.337 e. The van der Waals surface area contributed by atoms with Crippen LogP contribution < -0.4 is 5.32 Å². The fourth-order valence-electron chi connectivity index (χ4n) is 2.41. The fraction of sp³-hybridized carbons (Fsp3) is 0.692. The Balaban J connectivity index is 2.18. The van der Waals surface area contributed by atoms with Gasteiger partial charge >= 0.3 is 0 Å². The Hall–Kier alpha value is -1.36. The number of hydrogen-bond acceptors (Lipinski definition) is 3. The first kappa shape index (κ1) is 13.1. The maximum atomic E-state index is 12.5. The van der Waals surface area contributed by atoms with Gasteiger partial charge in [0.1, 0.15) is 0 Å². The Morgan fingerprint density at radius 2 is 2.06 bits per heavy atom. The molecule has 1 aromatic rings. The highest BCUT2D eigenvalue weighted by molar-refractivity contribution is 5.94. The molecule has 0 aromatic carbocycles. The van der Waals surface area contributed by atoms with E-state index in [1.165, 1.54) is 0 Å². The van der Waals surface area contributed by atoms with Crippen LogP contribution in [0, 0.1) is 0 Å². The number of aromatic amines is 1. The van der Waals surface area contributed by atoms with E-state index in [9.17, 15) is 4.79 Å². The summed E-state index contributed by atoms with van der Waals surface area (Å²) in [5.74, 6) is 0.0694. The monoisotopic (exact) mass is 250 g/mol. The zero-order chi connectivity index (χ0) is 13.0. The lowest BCUT2D eigenvalue weighted by molar-refractivity contribution is 0.0748. The maximum absolute atomic E-state index is 12.5. The highest BCUT2D eigenvalue weighted by atomic mass is 16.2. The predicted octanol–water partition coefficient (Wildman–Crippen LogP) is 1.32. The minimum atomic E-state index is 0.0694. The molecule has 0 aliphatic carbocycles. The summed E-state index contributed by atoms with van der Waals surface area (Å²) in [5, 5.41) is 10.5. The molecule has 0 saturated carbocycles. The molecule has 0 saturated heterocycles. The Bertz CT molecular complexity index is 407. The maximum Gasteiger partial charge on any atom is 0.274 e. The van der Waals surface area contributed by atoms with E-state index in [0.29, 0.717) is 5.69 Å². The molecule has 1 amide bonds. The Labute approximate surface area is 108 Å². The molecule has 0 atom stereocenters. The molecule has 1 aliphatic heterocycles. The zero-order valence-corrected chi connectivity index (χ0v) is 11.3. The second-order valence-corrected chi connectivity index (χ2v) is 4.75. The van der Waals surface area contributed by atoms with Crippen LogP contribution >= 0.6 is 0 Å². The standard InChI is InChI=1S/C13H22N4O/c1-3-7-17(8-4-2)13(18)12-10-9-14-6-5-11(10)15-16-12/h14H,3-9H2,1-2H3,(H,15,16). The third-order valence-electron chi connectivity index (χ3n) is 3.28. The van der Waals surface area contributed by atoms with Crippen molar-refractivity contribution in [3.8, 4) is 0 Å². The Morgan fingerprint density at radius 3 is 2.72 bits per heavy atom. The second-order valence-electron chi connectivity index (χ2n) is 4.75. The quantitative estimate of drug-likeness (QED) is 0.828. The molecule has 2 heterocycles. The molecule has 0 unspecified atom stereocenters. The smallest absolute Gasteiger partial charge is 0.274 e. The summed E-state index contributed by atoms with van der Waals surface area (Å²) in [4.78, 5) is 14.4. The number of fused-ring (bicyclic) bond motifs is 1. The highest BCUT2D eigenvalue weighted by Crippen LogP contribution is 2.17. The van der Waals surface area contributed by atoms with Gasteiger partial charge in [-0.25, -0.2) is 0 Å². The number of hydrogen-bond donors (Lipinski definition) is 2. The van der Waals surface area contributed by atoms with Gasteiger partial charge in [-0.15, -0.1) is 0 Å². The third-order valence-corrected chi connectivity index (χ3v) is 3.28. The fourth-order valence-corrected chi connectivity index (χ4v) is 2.41. The molecule has 2 rings (SSSR count). The Kier molecular flexibility index (Phi) is 4.36. The molecule has 1 aromatic heterocycles.